The normalized spacial score (nSPS) is 27.1. The van der Waals surface area contributed by atoms with E-state index in [1.165, 1.54) is 10.9 Å². The van der Waals surface area contributed by atoms with Gasteiger partial charge in [-0.3, -0.25) is 4.57 Å². The third kappa shape index (κ3) is 2.44. The van der Waals surface area contributed by atoms with Crippen LogP contribution in [0.3, 0.4) is 0 Å². The molecule has 0 aliphatic carbocycles. The molecule has 0 unspecified atom stereocenters. The Bertz CT molecular complexity index is 773. The Hall–Kier alpha value is -2.50. The monoisotopic (exact) mass is 322 g/mol. The fraction of sp³-hybridized carbons (Fsp3) is 0.545. The maximum atomic E-state index is 10.1. The minimum atomic E-state index is -1.28. The van der Waals surface area contributed by atoms with Crippen LogP contribution in [0, 0.1) is 0 Å². The van der Waals surface area contributed by atoms with Crippen LogP contribution in [-0.2, 0) is 4.74 Å². The van der Waals surface area contributed by atoms with E-state index in [4.69, 9.17) is 15.4 Å². The molecule has 0 aromatic carbocycles. The maximum absolute atomic E-state index is 10.1. The smallest absolute Gasteiger partial charge is 0.220 e. The summed E-state index contributed by atoms with van der Waals surface area (Å²) in [6.45, 7) is -0.442. The molecule has 4 atom stereocenters. The summed E-state index contributed by atoms with van der Waals surface area (Å²) in [4.78, 5) is 14.9. The molecular weight excluding hydrogens is 308 g/mol. The molecule has 1 aliphatic rings. The molecular formula is C11H14N8O4. The number of hydrogen-bond acceptors (Lipinski definition) is 9. The fourth-order valence-corrected chi connectivity index (χ4v) is 2.46. The molecule has 1 saturated heterocycles. The van der Waals surface area contributed by atoms with Gasteiger partial charge in [-0.2, -0.15) is 0 Å². The van der Waals surface area contributed by atoms with Crippen molar-refractivity contribution in [2.75, 3.05) is 19.0 Å². The van der Waals surface area contributed by atoms with Crippen molar-refractivity contribution >= 4 is 22.9 Å². The highest BCUT2D eigenvalue weighted by molar-refractivity contribution is 5.84. The topological polar surface area (TPSA) is 174 Å². The van der Waals surface area contributed by atoms with Crippen molar-refractivity contribution in [3.63, 3.8) is 0 Å². The molecule has 12 heteroatoms. The van der Waals surface area contributed by atoms with E-state index in [2.05, 4.69) is 30.3 Å². The summed E-state index contributed by atoms with van der Waals surface area (Å²) in [6, 6.07) is 0. The van der Waals surface area contributed by atoms with E-state index in [1.54, 1.807) is 7.05 Å². The van der Waals surface area contributed by atoms with Gasteiger partial charge in [0.15, 0.2) is 23.2 Å². The second-order valence-electron chi connectivity index (χ2n) is 4.86. The number of rotatable bonds is 4. The van der Waals surface area contributed by atoms with Crippen LogP contribution in [0.2, 0.25) is 0 Å². The molecule has 0 amide bonds. The van der Waals surface area contributed by atoms with Crippen LogP contribution < -0.4 is 5.32 Å². The Morgan fingerprint density at radius 3 is 2.83 bits per heavy atom. The molecule has 0 spiro atoms. The summed E-state index contributed by atoms with van der Waals surface area (Å²) in [7, 11) is 1.62. The third-order valence-electron chi connectivity index (χ3n) is 3.57. The lowest BCUT2D eigenvalue weighted by molar-refractivity contribution is -0.0511. The summed E-state index contributed by atoms with van der Waals surface area (Å²) in [5, 5.41) is 35.3. The number of nitrogens with one attached hydrogen (secondary N) is 1. The van der Waals surface area contributed by atoms with Crippen LogP contribution in [0.15, 0.2) is 11.4 Å². The number of hydrogen-bond donors (Lipinski definition) is 4. The van der Waals surface area contributed by atoms with Crippen LogP contribution in [0.25, 0.3) is 21.6 Å². The number of ether oxygens (including phenoxy) is 1. The van der Waals surface area contributed by atoms with Gasteiger partial charge < -0.3 is 25.4 Å². The number of anilines is 1. The second-order valence-corrected chi connectivity index (χ2v) is 4.86. The second kappa shape index (κ2) is 5.95. The van der Waals surface area contributed by atoms with Gasteiger partial charge in [0.1, 0.15) is 18.3 Å². The largest absolute Gasteiger partial charge is 0.394 e. The Balaban J connectivity index is 2.12. The number of aliphatic hydroxyl groups is 3. The average molecular weight is 322 g/mol. The standard InChI is InChI=1S/C11H14N8O4/c1-13-8-5-9(16-11(15-8)17-18-12)19(3-14-5)10-7(22)6(21)4(2-20)23-10/h3-4,6-7,10,20-22H,2H2,1H3,(H,13,15,16)/t4-,6-,7-,10-/m1/s1. The number of aromatic nitrogens is 4. The molecule has 12 nitrogen and oxygen atoms in total. The zero-order valence-corrected chi connectivity index (χ0v) is 12.0. The maximum Gasteiger partial charge on any atom is 0.220 e. The van der Waals surface area contributed by atoms with Crippen LogP contribution >= 0.6 is 0 Å². The summed E-state index contributed by atoms with van der Waals surface area (Å²) in [5.74, 6) is 0.209. The van der Waals surface area contributed by atoms with E-state index in [0.29, 0.717) is 11.3 Å². The zero-order chi connectivity index (χ0) is 16.6. The number of nitrogens with zero attached hydrogens (tertiary/aromatic N) is 7. The molecule has 4 N–H and O–H groups in total. The average Bonchev–Trinajstić information content (AvgIpc) is 3.09. The van der Waals surface area contributed by atoms with Crippen LogP contribution in [0.5, 0.6) is 0 Å². The molecule has 122 valence electrons. The van der Waals surface area contributed by atoms with Crippen LogP contribution in [-0.4, -0.2) is 66.8 Å². The third-order valence-corrected chi connectivity index (χ3v) is 3.57. The van der Waals surface area contributed by atoms with Gasteiger partial charge in [0.2, 0.25) is 5.95 Å². The fourth-order valence-electron chi connectivity index (χ4n) is 2.46. The molecule has 2 aromatic heterocycles. The molecule has 3 rings (SSSR count). The highest BCUT2D eigenvalue weighted by Gasteiger charge is 2.44. The minimum absolute atomic E-state index is 0.127. The lowest BCUT2D eigenvalue weighted by Gasteiger charge is -2.16. The Kier molecular flexibility index (Phi) is 3.98. The van der Waals surface area contributed by atoms with Crippen LogP contribution in [0.1, 0.15) is 6.23 Å². The van der Waals surface area contributed by atoms with Crippen molar-refractivity contribution in [2.24, 2.45) is 5.11 Å². The number of aliphatic hydroxyl groups excluding tert-OH is 3. The Morgan fingerprint density at radius 2 is 2.22 bits per heavy atom. The van der Waals surface area contributed by atoms with Gasteiger partial charge in [0.25, 0.3) is 0 Å². The SMILES string of the molecule is CNc1nc(N=[N+]=[N-])nc2c1ncn2[C@@H]1O[C@H](CO)[C@@H](O)[C@H]1O. The Labute approximate surface area is 129 Å². The summed E-state index contributed by atoms with van der Waals surface area (Å²) >= 11 is 0. The van der Waals surface area contributed by atoms with E-state index >= 15 is 0 Å². The van der Waals surface area contributed by atoms with Gasteiger partial charge in [0, 0.05) is 12.0 Å². The lowest BCUT2D eigenvalue weighted by Crippen LogP contribution is -2.33. The van der Waals surface area contributed by atoms with E-state index in [0.717, 1.165) is 0 Å². The molecule has 1 fully saturated rings. The summed E-state index contributed by atoms with van der Waals surface area (Å²) < 4.78 is 6.84. The Morgan fingerprint density at radius 1 is 1.43 bits per heavy atom. The molecule has 0 bridgehead atoms. The molecule has 1 aliphatic heterocycles. The van der Waals surface area contributed by atoms with Gasteiger partial charge >= 0.3 is 0 Å². The quantitative estimate of drug-likeness (QED) is 0.328. The van der Waals surface area contributed by atoms with E-state index < -0.39 is 31.1 Å². The first-order valence-corrected chi connectivity index (χ1v) is 6.70. The highest BCUT2D eigenvalue weighted by Crippen LogP contribution is 2.32. The predicted molar refractivity (Wildman–Crippen MR) is 76.7 cm³/mol. The molecule has 3 heterocycles. The number of fused-ring (bicyclic) bond motifs is 1. The van der Waals surface area contributed by atoms with Crippen molar-refractivity contribution in [3.05, 3.63) is 16.8 Å². The summed E-state index contributed by atoms with van der Waals surface area (Å²) in [6.07, 6.45) is -3.08. The summed E-state index contributed by atoms with van der Waals surface area (Å²) in [5.41, 5.74) is 9.17. The van der Waals surface area contributed by atoms with Crippen molar-refractivity contribution in [3.8, 4) is 0 Å². The zero-order valence-electron chi connectivity index (χ0n) is 12.0. The van der Waals surface area contributed by atoms with E-state index in [-0.39, 0.29) is 11.6 Å². The van der Waals surface area contributed by atoms with Gasteiger partial charge in [-0.25, -0.2) is 15.0 Å². The minimum Gasteiger partial charge on any atom is -0.394 e. The van der Waals surface area contributed by atoms with Crippen LogP contribution in [0.4, 0.5) is 11.8 Å². The van der Waals surface area contributed by atoms with Gasteiger partial charge in [-0.1, -0.05) is 0 Å². The lowest BCUT2D eigenvalue weighted by atomic mass is 10.1. The van der Waals surface area contributed by atoms with Crippen molar-refractivity contribution in [2.45, 2.75) is 24.5 Å². The number of azide groups is 1. The number of imidazole rings is 1. The van der Waals surface area contributed by atoms with Gasteiger partial charge in [-0.15, -0.1) is 0 Å². The van der Waals surface area contributed by atoms with Crippen molar-refractivity contribution < 1.29 is 20.1 Å². The predicted octanol–water partition coefficient (Wildman–Crippen LogP) is -0.579. The first kappa shape index (κ1) is 15.4. The molecule has 0 radical (unpaired) electrons. The van der Waals surface area contributed by atoms with Gasteiger partial charge in [0.05, 0.1) is 12.9 Å². The van der Waals surface area contributed by atoms with E-state index in [9.17, 15) is 10.2 Å². The van der Waals surface area contributed by atoms with E-state index in [1.807, 2.05) is 0 Å². The first-order valence-electron chi connectivity index (χ1n) is 6.70. The van der Waals surface area contributed by atoms with Gasteiger partial charge in [-0.05, 0) is 10.6 Å². The van der Waals surface area contributed by atoms with Crippen molar-refractivity contribution in [1.29, 1.82) is 0 Å². The highest BCUT2D eigenvalue weighted by atomic mass is 16.6. The molecule has 2 aromatic rings. The first-order chi connectivity index (χ1) is 11.1. The molecule has 23 heavy (non-hydrogen) atoms. The van der Waals surface area contributed by atoms with Crippen molar-refractivity contribution in [1.82, 2.24) is 19.5 Å². The molecule has 0 saturated carbocycles.